The fourth-order valence-corrected chi connectivity index (χ4v) is 3.88. The Morgan fingerprint density at radius 1 is 1.17 bits per heavy atom. The van der Waals surface area contributed by atoms with E-state index >= 15 is 0 Å². The van der Waals surface area contributed by atoms with Crippen LogP contribution in [-0.4, -0.2) is 60.3 Å². The molecule has 0 amide bonds. The normalized spacial score (nSPS) is 27.2. The van der Waals surface area contributed by atoms with Crippen molar-refractivity contribution >= 4 is 5.95 Å². The van der Waals surface area contributed by atoms with Crippen molar-refractivity contribution in [1.29, 1.82) is 0 Å². The summed E-state index contributed by atoms with van der Waals surface area (Å²) in [6.45, 7) is 4.83. The zero-order chi connectivity index (χ0) is 15.9. The number of likely N-dealkylation sites (tertiary alicyclic amines) is 1. The van der Waals surface area contributed by atoms with Crippen molar-refractivity contribution in [2.75, 3.05) is 44.8 Å². The Kier molecular flexibility index (Phi) is 3.97. The first-order chi connectivity index (χ1) is 11.1. The summed E-state index contributed by atoms with van der Waals surface area (Å²) in [7, 11) is 2.21. The first-order valence-corrected chi connectivity index (χ1v) is 8.66. The predicted molar refractivity (Wildman–Crippen MR) is 85.8 cm³/mol. The highest BCUT2D eigenvalue weighted by atomic mass is 19.1. The Bertz CT molecular complexity index is 542. The summed E-state index contributed by atoms with van der Waals surface area (Å²) in [4.78, 5) is 12.8. The number of rotatable bonds is 5. The Balaban J connectivity index is 1.32. The van der Waals surface area contributed by atoms with Crippen LogP contribution in [0.5, 0.6) is 0 Å². The molecule has 1 saturated carbocycles. The molecule has 0 N–H and O–H groups in total. The number of anilines is 1. The number of likely N-dealkylation sites (N-methyl/N-ethyl adjacent to an activating group) is 1. The minimum absolute atomic E-state index is 0.212. The number of piperidine rings is 1. The number of hydrogen-bond donors (Lipinski definition) is 0. The Labute approximate surface area is 136 Å². The second-order valence-corrected chi connectivity index (χ2v) is 7.54. The summed E-state index contributed by atoms with van der Waals surface area (Å²) in [5.41, 5.74) is 0.212. The molecular formula is C17H25FN4O. The van der Waals surface area contributed by atoms with Crippen molar-refractivity contribution in [3.8, 4) is 0 Å². The highest BCUT2D eigenvalue weighted by Gasteiger charge is 2.50. The van der Waals surface area contributed by atoms with Gasteiger partial charge in [0, 0.05) is 26.3 Å². The maximum Gasteiger partial charge on any atom is 0.225 e. The van der Waals surface area contributed by atoms with Crippen LogP contribution in [0.3, 0.4) is 0 Å². The third-order valence-electron chi connectivity index (χ3n) is 5.62. The van der Waals surface area contributed by atoms with Crippen molar-refractivity contribution in [2.45, 2.75) is 31.2 Å². The molecule has 1 spiro atoms. The molecule has 3 heterocycles. The Morgan fingerprint density at radius 3 is 2.57 bits per heavy atom. The zero-order valence-electron chi connectivity index (χ0n) is 13.7. The smallest absolute Gasteiger partial charge is 0.225 e. The molecule has 2 saturated heterocycles. The molecular weight excluding hydrogens is 295 g/mol. The van der Waals surface area contributed by atoms with Crippen LogP contribution in [0.2, 0.25) is 0 Å². The number of ether oxygens (including phenoxy) is 1. The lowest BCUT2D eigenvalue weighted by Crippen LogP contribution is -2.72. The van der Waals surface area contributed by atoms with Crippen LogP contribution in [0.15, 0.2) is 12.4 Å². The van der Waals surface area contributed by atoms with Gasteiger partial charge >= 0.3 is 0 Å². The molecule has 2 aliphatic heterocycles. The van der Waals surface area contributed by atoms with Gasteiger partial charge in [-0.2, -0.15) is 0 Å². The summed E-state index contributed by atoms with van der Waals surface area (Å²) in [5, 5.41) is 0. The Hall–Kier alpha value is -1.27. The van der Waals surface area contributed by atoms with Gasteiger partial charge in [0.2, 0.25) is 5.95 Å². The van der Waals surface area contributed by atoms with E-state index in [2.05, 4.69) is 26.8 Å². The fraction of sp³-hybridized carbons (Fsp3) is 0.765. The quantitative estimate of drug-likeness (QED) is 0.829. The molecule has 1 aromatic heterocycles. The number of halogens is 1. The molecule has 6 heteroatoms. The van der Waals surface area contributed by atoms with Crippen molar-refractivity contribution in [2.24, 2.45) is 11.8 Å². The van der Waals surface area contributed by atoms with Crippen LogP contribution in [0, 0.1) is 17.7 Å². The molecule has 1 aliphatic carbocycles. The molecule has 0 bridgehead atoms. The highest BCUT2D eigenvalue weighted by molar-refractivity contribution is 5.38. The average molecular weight is 320 g/mol. The highest BCUT2D eigenvalue weighted by Crippen LogP contribution is 2.39. The van der Waals surface area contributed by atoms with Gasteiger partial charge in [-0.25, -0.2) is 14.4 Å². The minimum atomic E-state index is -0.383. The third-order valence-corrected chi connectivity index (χ3v) is 5.62. The Morgan fingerprint density at radius 2 is 1.87 bits per heavy atom. The summed E-state index contributed by atoms with van der Waals surface area (Å²) in [5.74, 6) is 1.75. The van der Waals surface area contributed by atoms with Gasteiger partial charge in [0.25, 0.3) is 0 Å². The SMILES string of the molecule is CN1CC[C@H](COCC2CC2)CC12CN(c1ncc(F)cn1)C2. The van der Waals surface area contributed by atoms with E-state index in [9.17, 15) is 4.39 Å². The van der Waals surface area contributed by atoms with Crippen LogP contribution in [0.4, 0.5) is 10.3 Å². The first kappa shape index (κ1) is 15.3. The molecule has 3 fully saturated rings. The monoisotopic (exact) mass is 320 g/mol. The van der Waals surface area contributed by atoms with Crippen LogP contribution in [0.1, 0.15) is 25.7 Å². The topological polar surface area (TPSA) is 41.5 Å². The van der Waals surface area contributed by atoms with E-state index in [0.29, 0.717) is 11.9 Å². The van der Waals surface area contributed by atoms with Gasteiger partial charge < -0.3 is 9.64 Å². The van der Waals surface area contributed by atoms with E-state index in [0.717, 1.165) is 38.8 Å². The molecule has 0 aromatic carbocycles. The van der Waals surface area contributed by atoms with Crippen LogP contribution < -0.4 is 4.90 Å². The van der Waals surface area contributed by atoms with Crippen molar-refractivity contribution in [1.82, 2.24) is 14.9 Å². The van der Waals surface area contributed by atoms with Gasteiger partial charge in [0.1, 0.15) is 0 Å². The van der Waals surface area contributed by atoms with E-state index in [1.165, 1.54) is 38.1 Å². The third kappa shape index (κ3) is 3.19. The minimum Gasteiger partial charge on any atom is -0.381 e. The molecule has 1 atom stereocenters. The summed E-state index contributed by atoms with van der Waals surface area (Å²) in [6, 6.07) is 0. The van der Waals surface area contributed by atoms with Crippen LogP contribution in [0.25, 0.3) is 0 Å². The van der Waals surface area contributed by atoms with Gasteiger partial charge in [-0.1, -0.05) is 0 Å². The number of nitrogens with zero attached hydrogens (tertiary/aromatic N) is 4. The van der Waals surface area contributed by atoms with E-state index < -0.39 is 0 Å². The number of hydrogen-bond acceptors (Lipinski definition) is 5. The van der Waals surface area contributed by atoms with Crippen LogP contribution >= 0.6 is 0 Å². The maximum absolute atomic E-state index is 12.9. The molecule has 3 aliphatic rings. The van der Waals surface area contributed by atoms with Crippen molar-refractivity contribution in [3.63, 3.8) is 0 Å². The first-order valence-electron chi connectivity index (χ1n) is 8.66. The summed E-state index contributed by atoms with van der Waals surface area (Å²) >= 11 is 0. The predicted octanol–water partition coefficient (Wildman–Crippen LogP) is 1.94. The summed E-state index contributed by atoms with van der Waals surface area (Å²) in [6.07, 6.45) is 7.58. The van der Waals surface area contributed by atoms with E-state index in [1.54, 1.807) is 0 Å². The standard InChI is InChI=1S/C17H25FN4O/c1-21-5-4-14(10-23-9-13-2-3-13)6-17(21)11-22(12-17)16-19-7-15(18)8-20-16/h7-8,13-14H,2-6,9-12H2,1H3/t14-/m0/s1. The maximum atomic E-state index is 12.9. The van der Waals surface area contributed by atoms with E-state index in [4.69, 9.17) is 4.74 Å². The molecule has 126 valence electrons. The van der Waals surface area contributed by atoms with Crippen LogP contribution in [-0.2, 0) is 4.74 Å². The second-order valence-electron chi connectivity index (χ2n) is 7.54. The van der Waals surface area contributed by atoms with E-state index in [-0.39, 0.29) is 11.4 Å². The van der Waals surface area contributed by atoms with Gasteiger partial charge in [-0.15, -0.1) is 0 Å². The largest absolute Gasteiger partial charge is 0.381 e. The molecule has 5 nitrogen and oxygen atoms in total. The molecule has 23 heavy (non-hydrogen) atoms. The molecule has 0 radical (unpaired) electrons. The molecule has 1 aromatic rings. The van der Waals surface area contributed by atoms with E-state index in [1.807, 2.05) is 0 Å². The van der Waals surface area contributed by atoms with Gasteiger partial charge in [-0.3, -0.25) is 4.90 Å². The van der Waals surface area contributed by atoms with Crippen molar-refractivity contribution in [3.05, 3.63) is 18.2 Å². The summed E-state index contributed by atoms with van der Waals surface area (Å²) < 4.78 is 18.9. The zero-order valence-corrected chi connectivity index (χ0v) is 13.7. The fourth-order valence-electron chi connectivity index (χ4n) is 3.88. The lowest BCUT2D eigenvalue weighted by atomic mass is 9.75. The van der Waals surface area contributed by atoms with Gasteiger partial charge in [0.15, 0.2) is 5.82 Å². The molecule has 0 unspecified atom stereocenters. The van der Waals surface area contributed by atoms with Gasteiger partial charge in [-0.05, 0) is 51.1 Å². The van der Waals surface area contributed by atoms with Gasteiger partial charge in [0.05, 0.1) is 17.9 Å². The lowest BCUT2D eigenvalue weighted by molar-refractivity contribution is -0.0140. The van der Waals surface area contributed by atoms with Crippen molar-refractivity contribution < 1.29 is 9.13 Å². The number of aromatic nitrogens is 2. The molecule has 4 rings (SSSR count). The second kappa shape index (κ2) is 5.98. The lowest BCUT2D eigenvalue weighted by Gasteiger charge is -2.58. The average Bonchev–Trinajstić information content (AvgIpc) is 3.32.